The molecule has 1 rings (SSSR count). The van der Waals surface area contributed by atoms with Crippen molar-refractivity contribution in [1.82, 2.24) is 0 Å². The molecule has 0 aromatic heterocycles. The summed E-state index contributed by atoms with van der Waals surface area (Å²) in [6.45, 7) is 13.2. The minimum absolute atomic E-state index is 0.0604. The van der Waals surface area contributed by atoms with Crippen LogP contribution in [0.2, 0.25) is 0 Å². The van der Waals surface area contributed by atoms with Crippen molar-refractivity contribution in [3.05, 3.63) is 29.8 Å². The van der Waals surface area contributed by atoms with E-state index >= 15 is 0 Å². The van der Waals surface area contributed by atoms with Gasteiger partial charge in [-0.05, 0) is 42.4 Å². The fourth-order valence-electron chi connectivity index (χ4n) is 3.03. The molecule has 0 aliphatic heterocycles. The minimum Gasteiger partial charge on any atom is -0.464 e. The highest BCUT2D eigenvalue weighted by atomic mass is 32.1. The fourth-order valence-corrected chi connectivity index (χ4v) is 3.20. The van der Waals surface area contributed by atoms with E-state index in [1.807, 2.05) is 12.1 Å². The van der Waals surface area contributed by atoms with Crippen LogP contribution >= 0.6 is 12.6 Å². The highest BCUT2D eigenvalue weighted by Crippen LogP contribution is 2.40. The zero-order chi connectivity index (χ0) is 17.7. The summed E-state index contributed by atoms with van der Waals surface area (Å²) in [5.41, 5.74) is 1.41. The van der Waals surface area contributed by atoms with Gasteiger partial charge < -0.3 is 9.47 Å². The van der Waals surface area contributed by atoms with Gasteiger partial charge in [0.25, 0.3) is 0 Å². The highest BCUT2D eigenvalue weighted by molar-refractivity contribution is 7.80. The SMILES string of the molecule is CCC(CC)(CC)C(OC)Oc1ccc(C(S)C(C)(C)C)cc1. The maximum atomic E-state index is 6.18. The fraction of sp³-hybridized carbons (Fsp3) is 0.700. The molecule has 2 unspecified atom stereocenters. The summed E-state index contributed by atoms with van der Waals surface area (Å²) >= 11 is 4.75. The molecule has 0 amide bonds. The van der Waals surface area contributed by atoms with Crippen molar-refractivity contribution in [3.63, 3.8) is 0 Å². The second-order valence-corrected chi connectivity index (χ2v) is 7.96. The van der Waals surface area contributed by atoms with Crippen molar-refractivity contribution in [2.45, 2.75) is 72.3 Å². The number of methoxy groups -OCH3 is 1. The largest absolute Gasteiger partial charge is 0.464 e. The van der Waals surface area contributed by atoms with Gasteiger partial charge in [0.15, 0.2) is 0 Å². The third kappa shape index (κ3) is 4.90. The van der Waals surface area contributed by atoms with E-state index in [9.17, 15) is 0 Å². The van der Waals surface area contributed by atoms with E-state index in [4.69, 9.17) is 22.1 Å². The van der Waals surface area contributed by atoms with Gasteiger partial charge in [-0.15, -0.1) is 0 Å². The summed E-state index contributed by atoms with van der Waals surface area (Å²) in [5.74, 6) is 0.856. The monoisotopic (exact) mass is 338 g/mol. The Balaban J connectivity index is 2.92. The lowest BCUT2D eigenvalue weighted by Crippen LogP contribution is -2.39. The van der Waals surface area contributed by atoms with Crippen LogP contribution in [0.1, 0.15) is 71.6 Å². The van der Waals surface area contributed by atoms with E-state index in [1.54, 1.807) is 7.11 Å². The molecule has 0 saturated carbocycles. The van der Waals surface area contributed by atoms with Gasteiger partial charge in [0.05, 0.1) is 0 Å². The normalized spacial score (nSPS) is 15.3. The van der Waals surface area contributed by atoms with Gasteiger partial charge in [0.1, 0.15) is 5.75 Å². The Morgan fingerprint density at radius 2 is 1.43 bits per heavy atom. The summed E-state index contributed by atoms with van der Waals surface area (Å²) in [6, 6.07) is 8.27. The first-order valence-corrected chi connectivity index (χ1v) is 9.23. The number of rotatable bonds is 8. The van der Waals surface area contributed by atoms with Crippen LogP contribution in [-0.2, 0) is 4.74 Å². The topological polar surface area (TPSA) is 18.5 Å². The Hall–Kier alpha value is -0.670. The van der Waals surface area contributed by atoms with E-state index in [-0.39, 0.29) is 22.4 Å². The van der Waals surface area contributed by atoms with Crippen LogP contribution < -0.4 is 4.74 Å². The molecule has 3 heteroatoms. The molecular weight excluding hydrogens is 304 g/mol. The zero-order valence-electron chi connectivity index (χ0n) is 15.8. The molecular formula is C20H34O2S. The molecule has 0 saturated heterocycles. The molecule has 0 aliphatic rings. The third-order valence-corrected chi connectivity index (χ3v) is 6.16. The lowest BCUT2D eigenvalue weighted by molar-refractivity contribution is -0.145. The van der Waals surface area contributed by atoms with Crippen LogP contribution in [-0.4, -0.2) is 13.4 Å². The zero-order valence-corrected chi connectivity index (χ0v) is 16.7. The second kappa shape index (κ2) is 8.43. The van der Waals surface area contributed by atoms with Crippen LogP contribution in [0.3, 0.4) is 0 Å². The number of thiol groups is 1. The first kappa shape index (κ1) is 20.4. The summed E-state index contributed by atoms with van der Waals surface area (Å²) in [6.07, 6.45) is 2.90. The van der Waals surface area contributed by atoms with Crippen molar-refractivity contribution in [2.75, 3.05) is 7.11 Å². The maximum absolute atomic E-state index is 6.18. The smallest absolute Gasteiger partial charge is 0.205 e. The van der Waals surface area contributed by atoms with Gasteiger partial charge in [0.2, 0.25) is 6.29 Å². The van der Waals surface area contributed by atoms with Gasteiger partial charge in [-0.3, -0.25) is 0 Å². The van der Waals surface area contributed by atoms with Gasteiger partial charge in [-0.1, -0.05) is 53.7 Å². The Morgan fingerprint density at radius 1 is 0.957 bits per heavy atom. The Kier molecular flexibility index (Phi) is 7.47. The number of ether oxygens (including phenoxy) is 2. The van der Waals surface area contributed by atoms with E-state index in [1.165, 1.54) is 5.56 Å². The Labute approximate surface area is 148 Å². The molecule has 0 fully saturated rings. The second-order valence-electron chi connectivity index (χ2n) is 7.45. The predicted octanol–water partition coefficient (Wildman–Crippen LogP) is 6.27. The molecule has 0 N–H and O–H groups in total. The number of benzene rings is 1. The van der Waals surface area contributed by atoms with Crippen LogP contribution in [0.25, 0.3) is 0 Å². The van der Waals surface area contributed by atoms with Gasteiger partial charge in [-0.25, -0.2) is 0 Å². The van der Waals surface area contributed by atoms with Crippen LogP contribution in [0.4, 0.5) is 0 Å². The first-order chi connectivity index (χ1) is 10.7. The predicted molar refractivity (Wildman–Crippen MR) is 102 cm³/mol. The molecule has 0 bridgehead atoms. The van der Waals surface area contributed by atoms with Crippen molar-refractivity contribution >= 4 is 12.6 Å². The summed E-state index contributed by atoms with van der Waals surface area (Å²) in [7, 11) is 1.73. The third-order valence-electron chi connectivity index (χ3n) is 5.09. The van der Waals surface area contributed by atoms with Crippen molar-refractivity contribution in [3.8, 4) is 5.75 Å². The Morgan fingerprint density at radius 3 is 1.78 bits per heavy atom. The van der Waals surface area contributed by atoms with Gasteiger partial charge in [0, 0.05) is 17.8 Å². The summed E-state index contributed by atoms with van der Waals surface area (Å²) < 4.78 is 11.9. The molecule has 132 valence electrons. The van der Waals surface area contributed by atoms with Crippen LogP contribution in [0.5, 0.6) is 5.75 Å². The van der Waals surface area contributed by atoms with Crippen LogP contribution in [0, 0.1) is 10.8 Å². The molecule has 0 radical (unpaired) electrons. The molecule has 2 atom stereocenters. The van der Waals surface area contributed by atoms with Crippen molar-refractivity contribution < 1.29 is 9.47 Å². The highest BCUT2D eigenvalue weighted by Gasteiger charge is 2.36. The van der Waals surface area contributed by atoms with Gasteiger partial charge >= 0.3 is 0 Å². The average Bonchev–Trinajstić information content (AvgIpc) is 2.54. The molecule has 0 spiro atoms. The van der Waals surface area contributed by atoms with E-state index < -0.39 is 0 Å². The lowest BCUT2D eigenvalue weighted by atomic mass is 9.79. The number of hydrogen-bond donors (Lipinski definition) is 1. The number of hydrogen-bond acceptors (Lipinski definition) is 3. The quantitative estimate of drug-likeness (QED) is 0.445. The minimum atomic E-state index is -0.220. The summed E-state index contributed by atoms with van der Waals surface area (Å²) in [5, 5.41) is 0.204. The molecule has 2 nitrogen and oxygen atoms in total. The molecule has 23 heavy (non-hydrogen) atoms. The van der Waals surface area contributed by atoms with E-state index in [2.05, 4.69) is 53.7 Å². The molecule has 1 aromatic carbocycles. The lowest BCUT2D eigenvalue weighted by Gasteiger charge is -2.37. The van der Waals surface area contributed by atoms with Crippen molar-refractivity contribution in [2.24, 2.45) is 10.8 Å². The van der Waals surface area contributed by atoms with Gasteiger partial charge in [-0.2, -0.15) is 12.6 Å². The van der Waals surface area contributed by atoms with E-state index in [0.29, 0.717) is 0 Å². The molecule has 0 aliphatic carbocycles. The average molecular weight is 339 g/mol. The first-order valence-electron chi connectivity index (χ1n) is 8.71. The van der Waals surface area contributed by atoms with Crippen LogP contribution in [0.15, 0.2) is 24.3 Å². The molecule has 1 aromatic rings. The summed E-state index contributed by atoms with van der Waals surface area (Å²) in [4.78, 5) is 0. The van der Waals surface area contributed by atoms with Crippen molar-refractivity contribution in [1.29, 1.82) is 0 Å². The standard InChI is InChI=1S/C20H34O2S/c1-8-20(9-2,10-3)18(21-7)22-16-13-11-15(12-14-16)17(23)19(4,5)6/h11-14,17-18,23H,8-10H2,1-7H3. The molecule has 0 heterocycles. The maximum Gasteiger partial charge on any atom is 0.205 e. The Bertz CT molecular complexity index is 449. The van der Waals surface area contributed by atoms with E-state index in [0.717, 1.165) is 25.0 Å².